The van der Waals surface area contributed by atoms with E-state index in [0.717, 1.165) is 0 Å². The molecule has 13 heteroatoms. The Morgan fingerprint density at radius 1 is 0.882 bits per heavy atom. The Labute approximate surface area is 312 Å². The van der Waals surface area contributed by atoms with E-state index in [4.69, 9.17) is 63.5 Å². The highest BCUT2D eigenvalue weighted by Gasteiger charge is 2.35. The Balaban J connectivity index is 1.51. The third-order valence-corrected chi connectivity index (χ3v) is 9.88. The molecule has 1 aromatic heterocycles. The largest absolute Gasteiger partial charge is 0.493 e. The molecule has 262 valence electrons. The maximum Gasteiger partial charge on any atom is 0.338 e. The van der Waals surface area contributed by atoms with Crippen LogP contribution in [-0.4, -0.2) is 38.5 Å². The quantitative estimate of drug-likeness (QED) is 0.129. The van der Waals surface area contributed by atoms with Crippen molar-refractivity contribution in [2.75, 3.05) is 27.9 Å². The van der Waals surface area contributed by atoms with Gasteiger partial charge in [-0.15, -0.1) is 0 Å². The molecule has 0 saturated carbocycles. The summed E-state index contributed by atoms with van der Waals surface area (Å²) in [5.74, 6) is 0.991. The summed E-state index contributed by atoms with van der Waals surface area (Å²) in [5, 5.41) is 1.23. The number of benzene rings is 4. The number of esters is 1. The second kappa shape index (κ2) is 15.7. The molecule has 1 atom stereocenters. The predicted molar refractivity (Wildman–Crippen MR) is 199 cm³/mol. The molecule has 0 spiro atoms. The zero-order valence-electron chi connectivity index (χ0n) is 27.9. The summed E-state index contributed by atoms with van der Waals surface area (Å²) < 4.78 is 30.1. The van der Waals surface area contributed by atoms with Gasteiger partial charge in [-0.3, -0.25) is 9.36 Å². The van der Waals surface area contributed by atoms with Crippen LogP contribution in [0.5, 0.6) is 23.0 Å². The van der Waals surface area contributed by atoms with Gasteiger partial charge in [-0.1, -0.05) is 88.6 Å². The lowest BCUT2D eigenvalue weighted by atomic mass is 9.93. The number of fused-ring (bicyclic) bond motifs is 1. The van der Waals surface area contributed by atoms with E-state index in [1.165, 1.54) is 37.2 Å². The van der Waals surface area contributed by atoms with E-state index in [-0.39, 0.29) is 29.4 Å². The number of ether oxygens (including phenoxy) is 5. The van der Waals surface area contributed by atoms with E-state index in [0.29, 0.717) is 70.3 Å². The van der Waals surface area contributed by atoms with Gasteiger partial charge in [-0.2, -0.15) is 0 Å². The molecule has 0 N–H and O–H groups in total. The molecule has 0 saturated heterocycles. The minimum atomic E-state index is -0.911. The summed E-state index contributed by atoms with van der Waals surface area (Å²) in [6, 6.07) is 22.2. The van der Waals surface area contributed by atoms with Gasteiger partial charge in [0.05, 0.1) is 54.8 Å². The van der Waals surface area contributed by atoms with Crippen LogP contribution in [0.25, 0.3) is 11.8 Å². The Bertz CT molecular complexity index is 2340. The number of rotatable bonds is 11. The molecule has 1 aliphatic rings. The third-order valence-electron chi connectivity index (χ3n) is 8.03. The van der Waals surface area contributed by atoms with Crippen molar-refractivity contribution in [2.45, 2.75) is 19.6 Å². The summed E-state index contributed by atoms with van der Waals surface area (Å²) in [7, 11) is 4.55. The van der Waals surface area contributed by atoms with E-state index < -0.39 is 12.0 Å². The standard InChI is InChI=1S/C38H31Cl3N2O7S/c1-5-49-37(45)32-33(22-9-7-6-8-10-22)42-38-43(34(32)23-12-14-28(46-2)29(18-23)47-3)36(44)31(51-38)17-21-15-27(41)35(30(16-21)48-4)50-20-24-11-13-25(39)19-26(24)40/h6-19,34H,5,20H2,1-4H3/b31-17-/t34-/m0/s1. The summed E-state index contributed by atoms with van der Waals surface area (Å²) in [5.41, 5.74) is 2.81. The molecule has 9 nitrogen and oxygen atoms in total. The van der Waals surface area contributed by atoms with Crippen molar-refractivity contribution in [1.29, 1.82) is 0 Å². The number of hydrogen-bond donors (Lipinski definition) is 0. The predicted octanol–water partition coefficient (Wildman–Crippen LogP) is 7.50. The van der Waals surface area contributed by atoms with Gasteiger partial charge in [0.1, 0.15) is 6.61 Å². The highest BCUT2D eigenvalue weighted by molar-refractivity contribution is 7.07. The second-order valence-corrected chi connectivity index (χ2v) is 13.4. The third kappa shape index (κ3) is 7.36. The summed E-state index contributed by atoms with van der Waals surface area (Å²) in [6.07, 6.45) is 1.69. The molecule has 1 aliphatic heterocycles. The van der Waals surface area contributed by atoms with Crippen LogP contribution in [0.15, 0.2) is 94.2 Å². The van der Waals surface area contributed by atoms with Crippen LogP contribution in [0, 0.1) is 0 Å². The molecule has 6 rings (SSSR count). The Morgan fingerprint density at radius 2 is 1.63 bits per heavy atom. The van der Waals surface area contributed by atoms with Crippen LogP contribution in [0.2, 0.25) is 15.1 Å². The van der Waals surface area contributed by atoms with Crippen LogP contribution in [-0.2, 0) is 16.1 Å². The van der Waals surface area contributed by atoms with Gasteiger partial charge in [-0.05, 0) is 60.5 Å². The summed E-state index contributed by atoms with van der Waals surface area (Å²) in [4.78, 5) is 33.5. The fourth-order valence-electron chi connectivity index (χ4n) is 5.68. The van der Waals surface area contributed by atoms with Crippen molar-refractivity contribution in [1.82, 2.24) is 4.57 Å². The molecule has 0 fully saturated rings. The molecule has 0 bridgehead atoms. The normalized spacial score (nSPS) is 14.1. The molecule has 0 radical (unpaired) electrons. The van der Waals surface area contributed by atoms with Crippen molar-refractivity contribution >= 4 is 63.9 Å². The zero-order chi connectivity index (χ0) is 36.2. The van der Waals surface area contributed by atoms with Gasteiger partial charge in [0.15, 0.2) is 27.8 Å². The molecule has 2 heterocycles. The zero-order valence-corrected chi connectivity index (χ0v) is 31.0. The van der Waals surface area contributed by atoms with E-state index >= 15 is 0 Å². The monoisotopic (exact) mass is 764 g/mol. The molecule has 0 aliphatic carbocycles. The molecular weight excluding hydrogens is 735 g/mol. The maximum absolute atomic E-state index is 14.4. The first kappa shape index (κ1) is 36.1. The van der Waals surface area contributed by atoms with Gasteiger partial charge in [0.2, 0.25) is 0 Å². The highest BCUT2D eigenvalue weighted by atomic mass is 35.5. The summed E-state index contributed by atoms with van der Waals surface area (Å²) >= 11 is 20.3. The Morgan fingerprint density at radius 3 is 2.31 bits per heavy atom. The summed E-state index contributed by atoms with van der Waals surface area (Å²) in [6.45, 7) is 1.97. The smallest absolute Gasteiger partial charge is 0.338 e. The van der Waals surface area contributed by atoms with Crippen molar-refractivity contribution in [3.05, 3.63) is 141 Å². The number of thiazole rings is 1. The molecule has 5 aromatic rings. The van der Waals surface area contributed by atoms with Gasteiger partial charge in [0.25, 0.3) is 5.56 Å². The maximum atomic E-state index is 14.4. The number of carbonyl (C=O) groups excluding carboxylic acids is 1. The Hall–Kier alpha value is -4.74. The van der Waals surface area contributed by atoms with Crippen LogP contribution in [0.1, 0.15) is 35.2 Å². The fraction of sp³-hybridized carbons (Fsp3) is 0.184. The first-order valence-corrected chi connectivity index (χ1v) is 17.6. The SMILES string of the molecule is CCOC(=O)C1=C(c2ccccc2)N=c2s/c(=C\c3cc(Cl)c(OCc4ccc(Cl)cc4Cl)c(OC)c3)c(=O)n2[C@H]1c1ccc(OC)c(OC)c1. The van der Waals surface area contributed by atoms with E-state index in [1.54, 1.807) is 61.5 Å². The van der Waals surface area contributed by atoms with Gasteiger partial charge >= 0.3 is 5.97 Å². The van der Waals surface area contributed by atoms with Crippen LogP contribution in [0.3, 0.4) is 0 Å². The van der Waals surface area contributed by atoms with E-state index in [1.807, 2.05) is 30.3 Å². The topological polar surface area (TPSA) is 97.6 Å². The van der Waals surface area contributed by atoms with Crippen LogP contribution >= 0.6 is 46.1 Å². The lowest BCUT2D eigenvalue weighted by molar-refractivity contribution is -0.138. The highest BCUT2D eigenvalue weighted by Crippen LogP contribution is 2.40. The molecule has 4 aromatic carbocycles. The van der Waals surface area contributed by atoms with Crippen LogP contribution < -0.4 is 33.8 Å². The number of methoxy groups -OCH3 is 3. The minimum Gasteiger partial charge on any atom is -0.493 e. The fourth-order valence-corrected chi connectivity index (χ4v) is 7.42. The number of nitrogens with zero attached hydrogens (tertiary/aromatic N) is 2. The lowest BCUT2D eigenvalue weighted by Crippen LogP contribution is -2.40. The van der Waals surface area contributed by atoms with Gasteiger partial charge < -0.3 is 23.7 Å². The number of halogens is 3. The van der Waals surface area contributed by atoms with Gasteiger partial charge in [0, 0.05) is 21.2 Å². The van der Waals surface area contributed by atoms with E-state index in [2.05, 4.69) is 0 Å². The van der Waals surface area contributed by atoms with E-state index in [9.17, 15) is 9.59 Å². The molecular formula is C38H31Cl3N2O7S. The van der Waals surface area contributed by atoms with Crippen molar-refractivity contribution in [3.63, 3.8) is 0 Å². The van der Waals surface area contributed by atoms with Crippen molar-refractivity contribution in [3.8, 4) is 23.0 Å². The average molecular weight is 766 g/mol. The molecule has 0 amide bonds. The minimum absolute atomic E-state index is 0.118. The first-order valence-electron chi connectivity index (χ1n) is 15.6. The number of carbonyl (C=O) groups is 1. The van der Waals surface area contributed by atoms with Crippen molar-refractivity contribution in [2.24, 2.45) is 4.99 Å². The van der Waals surface area contributed by atoms with Gasteiger partial charge in [-0.25, -0.2) is 9.79 Å². The lowest BCUT2D eigenvalue weighted by Gasteiger charge is -2.26. The van der Waals surface area contributed by atoms with Crippen molar-refractivity contribution < 1.29 is 28.5 Å². The number of hydrogen-bond acceptors (Lipinski definition) is 9. The molecule has 0 unspecified atom stereocenters. The second-order valence-electron chi connectivity index (χ2n) is 11.1. The Kier molecular flexibility index (Phi) is 11.1. The average Bonchev–Trinajstić information content (AvgIpc) is 3.44. The molecule has 51 heavy (non-hydrogen) atoms. The van der Waals surface area contributed by atoms with Crippen LogP contribution in [0.4, 0.5) is 0 Å². The number of aromatic nitrogens is 1. The first-order chi connectivity index (χ1) is 24.7.